The number of rotatable bonds is 6. The van der Waals surface area contributed by atoms with E-state index in [1.807, 2.05) is 24.3 Å². The van der Waals surface area contributed by atoms with Gasteiger partial charge in [-0.15, -0.1) is 0 Å². The molecule has 1 aliphatic rings. The molecule has 1 aliphatic carbocycles. The van der Waals surface area contributed by atoms with Crippen LogP contribution in [0.15, 0.2) is 48.5 Å². The minimum Gasteiger partial charge on any atom is -0.497 e. The molecule has 3 rings (SSSR count). The Morgan fingerprint density at radius 2 is 1.85 bits per heavy atom. The Kier molecular flexibility index (Phi) is 6.23. The van der Waals surface area contributed by atoms with Gasteiger partial charge in [-0.3, -0.25) is 0 Å². The number of methoxy groups -OCH3 is 1. The molecule has 140 valence electrons. The van der Waals surface area contributed by atoms with Crippen LogP contribution < -0.4 is 15.4 Å². The molecular weight excluding hydrogens is 344 g/mol. The summed E-state index contributed by atoms with van der Waals surface area (Å²) in [6, 6.07) is 17.1. The topological polar surface area (TPSA) is 33.3 Å². The average molecular weight is 373 g/mol. The number of hydrogen-bond donors (Lipinski definition) is 2. The standard InChI is InChI=1S/C22H29ClN2O/c1-16(17-11-13-18(26-3)14-12-17)25-21-10-6-7-15-22(21,24-2)19-8-4-5-9-20(19)23/h4-5,8-9,11-14,16,21,24-25H,6-7,10,15H2,1-3H3/t16-,21-,22+/m0/s1. The smallest absolute Gasteiger partial charge is 0.118 e. The molecule has 2 aromatic carbocycles. The Morgan fingerprint density at radius 3 is 2.50 bits per heavy atom. The number of hydrogen-bond acceptors (Lipinski definition) is 3. The molecular formula is C22H29ClN2O. The number of nitrogens with one attached hydrogen (secondary N) is 2. The van der Waals surface area contributed by atoms with Gasteiger partial charge in [0.05, 0.1) is 12.6 Å². The van der Waals surface area contributed by atoms with Crippen molar-refractivity contribution in [1.29, 1.82) is 0 Å². The molecule has 0 aromatic heterocycles. The van der Waals surface area contributed by atoms with E-state index in [2.05, 4.69) is 48.9 Å². The zero-order chi connectivity index (χ0) is 18.6. The molecule has 4 heteroatoms. The van der Waals surface area contributed by atoms with Gasteiger partial charge in [0.25, 0.3) is 0 Å². The molecule has 0 saturated heterocycles. The molecule has 0 amide bonds. The van der Waals surface area contributed by atoms with Gasteiger partial charge in [0, 0.05) is 17.1 Å². The van der Waals surface area contributed by atoms with Crippen molar-refractivity contribution in [2.24, 2.45) is 0 Å². The third-order valence-corrected chi connectivity index (χ3v) is 6.11. The Balaban J connectivity index is 1.86. The Labute approximate surface area is 162 Å². The highest BCUT2D eigenvalue weighted by Gasteiger charge is 2.42. The van der Waals surface area contributed by atoms with E-state index >= 15 is 0 Å². The largest absolute Gasteiger partial charge is 0.497 e. The van der Waals surface area contributed by atoms with Gasteiger partial charge in [-0.1, -0.05) is 54.8 Å². The van der Waals surface area contributed by atoms with Crippen molar-refractivity contribution in [2.75, 3.05) is 14.2 Å². The lowest BCUT2D eigenvalue weighted by Gasteiger charge is -2.46. The van der Waals surface area contributed by atoms with Crippen LogP contribution in [0.4, 0.5) is 0 Å². The molecule has 2 aromatic rings. The zero-order valence-electron chi connectivity index (χ0n) is 15.9. The van der Waals surface area contributed by atoms with Crippen LogP contribution in [0.1, 0.15) is 49.8 Å². The van der Waals surface area contributed by atoms with Crippen LogP contribution in [0, 0.1) is 0 Å². The predicted octanol–water partition coefficient (Wildman–Crippen LogP) is 5.06. The minimum absolute atomic E-state index is 0.142. The molecule has 0 aliphatic heterocycles. The molecule has 26 heavy (non-hydrogen) atoms. The first-order valence-electron chi connectivity index (χ1n) is 9.44. The maximum atomic E-state index is 6.60. The first-order chi connectivity index (χ1) is 12.6. The summed E-state index contributed by atoms with van der Waals surface area (Å²) >= 11 is 6.60. The van der Waals surface area contributed by atoms with E-state index in [1.165, 1.54) is 24.0 Å². The van der Waals surface area contributed by atoms with E-state index in [4.69, 9.17) is 16.3 Å². The van der Waals surface area contributed by atoms with Crippen LogP contribution in [0.2, 0.25) is 5.02 Å². The third-order valence-electron chi connectivity index (χ3n) is 5.78. The predicted molar refractivity (Wildman–Crippen MR) is 109 cm³/mol. The molecule has 0 spiro atoms. The highest BCUT2D eigenvalue weighted by molar-refractivity contribution is 6.31. The van der Waals surface area contributed by atoms with E-state index in [-0.39, 0.29) is 11.6 Å². The van der Waals surface area contributed by atoms with E-state index in [1.54, 1.807) is 7.11 Å². The van der Waals surface area contributed by atoms with Crippen molar-refractivity contribution in [3.63, 3.8) is 0 Å². The van der Waals surface area contributed by atoms with Crippen molar-refractivity contribution in [3.8, 4) is 5.75 Å². The quantitative estimate of drug-likeness (QED) is 0.743. The van der Waals surface area contributed by atoms with Gasteiger partial charge in [0.1, 0.15) is 5.75 Å². The summed E-state index contributed by atoms with van der Waals surface area (Å²) in [5.74, 6) is 0.888. The maximum Gasteiger partial charge on any atom is 0.118 e. The molecule has 2 N–H and O–H groups in total. The lowest BCUT2D eigenvalue weighted by molar-refractivity contribution is 0.168. The van der Waals surface area contributed by atoms with Gasteiger partial charge in [-0.2, -0.15) is 0 Å². The second-order valence-electron chi connectivity index (χ2n) is 7.16. The maximum absolute atomic E-state index is 6.60. The normalized spacial score (nSPS) is 24.2. The number of ether oxygens (including phenoxy) is 1. The number of halogens is 1. The van der Waals surface area contributed by atoms with Gasteiger partial charge in [0.2, 0.25) is 0 Å². The van der Waals surface area contributed by atoms with Crippen molar-refractivity contribution in [2.45, 2.75) is 50.2 Å². The summed E-state index contributed by atoms with van der Waals surface area (Å²) in [7, 11) is 3.75. The summed E-state index contributed by atoms with van der Waals surface area (Å²) in [6.45, 7) is 2.23. The lowest BCUT2D eigenvalue weighted by atomic mass is 9.72. The number of likely N-dealkylation sites (N-methyl/N-ethyl adjacent to an activating group) is 1. The van der Waals surface area contributed by atoms with Crippen molar-refractivity contribution in [1.82, 2.24) is 10.6 Å². The monoisotopic (exact) mass is 372 g/mol. The summed E-state index contributed by atoms with van der Waals surface area (Å²) in [5.41, 5.74) is 2.32. The fourth-order valence-corrected chi connectivity index (χ4v) is 4.57. The van der Waals surface area contributed by atoms with E-state index < -0.39 is 0 Å². The molecule has 1 saturated carbocycles. The third kappa shape index (κ3) is 3.75. The first-order valence-corrected chi connectivity index (χ1v) is 9.82. The van der Waals surface area contributed by atoms with Crippen molar-refractivity contribution >= 4 is 11.6 Å². The van der Waals surface area contributed by atoms with Gasteiger partial charge in [-0.05, 0) is 56.1 Å². The van der Waals surface area contributed by atoms with Crippen LogP contribution in [-0.4, -0.2) is 20.2 Å². The fraction of sp³-hybridized carbons (Fsp3) is 0.455. The van der Waals surface area contributed by atoms with Gasteiger partial charge < -0.3 is 15.4 Å². The molecule has 3 nitrogen and oxygen atoms in total. The van der Waals surface area contributed by atoms with Gasteiger partial charge in [-0.25, -0.2) is 0 Å². The van der Waals surface area contributed by atoms with Crippen LogP contribution in [-0.2, 0) is 5.54 Å². The summed E-state index contributed by atoms with van der Waals surface area (Å²) in [6.07, 6.45) is 4.66. The highest BCUT2D eigenvalue weighted by Crippen LogP contribution is 2.41. The van der Waals surface area contributed by atoms with Gasteiger partial charge in [0.15, 0.2) is 0 Å². The van der Waals surface area contributed by atoms with E-state index in [0.717, 1.165) is 23.6 Å². The molecule has 1 fully saturated rings. The molecule has 0 bridgehead atoms. The van der Waals surface area contributed by atoms with Crippen LogP contribution in [0.25, 0.3) is 0 Å². The fourth-order valence-electron chi connectivity index (χ4n) is 4.27. The Bertz CT molecular complexity index is 718. The van der Waals surface area contributed by atoms with Crippen LogP contribution in [0.3, 0.4) is 0 Å². The van der Waals surface area contributed by atoms with E-state index in [0.29, 0.717) is 6.04 Å². The summed E-state index contributed by atoms with van der Waals surface area (Å²) in [5, 5.41) is 8.35. The van der Waals surface area contributed by atoms with Gasteiger partial charge >= 0.3 is 0 Å². The SMILES string of the molecule is CN[C@@]1(c2ccccc2Cl)CCCC[C@@H]1N[C@@H](C)c1ccc(OC)cc1. The molecule has 0 radical (unpaired) electrons. The second-order valence-corrected chi connectivity index (χ2v) is 7.57. The molecule has 0 unspecified atom stereocenters. The van der Waals surface area contributed by atoms with Crippen molar-refractivity contribution in [3.05, 3.63) is 64.7 Å². The molecule has 0 heterocycles. The van der Waals surface area contributed by atoms with Crippen molar-refractivity contribution < 1.29 is 4.74 Å². The summed E-state index contributed by atoms with van der Waals surface area (Å²) < 4.78 is 5.28. The number of benzene rings is 2. The first kappa shape index (κ1) is 19.2. The Hall–Kier alpha value is -1.55. The van der Waals surface area contributed by atoms with E-state index in [9.17, 15) is 0 Å². The minimum atomic E-state index is -0.142. The van der Waals surface area contributed by atoms with Crippen LogP contribution >= 0.6 is 11.6 Å². The average Bonchev–Trinajstić information content (AvgIpc) is 2.69. The zero-order valence-corrected chi connectivity index (χ0v) is 16.6. The summed E-state index contributed by atoms with van der Waals surface area (Å²) in [4.78, 5) is 0. The molecule has 3 atom stereocenters. The van der Waals surface area contributed by atoms with Crippen LogP contribution in [0.5, 0.6) is 5.75 Å². The highest BCUT2D eigenvalue weighted by atomic mass is 35.5. The lowest BCUT2D eigenvalue weighted by Crippen LogP contribution is -2.58. The Morgan fingerprint density at radius 1 is 1.12 bits per heavy atom. The second kappa shape index (κ2) is 8.43.